The summed E-state index contributed by atoms with van der Waals surface area (Å²) in [5.41, 5.74) is 0.607. The van der Waals surface area contributed by atoms with Gasteiger partial charge in [0.1, 0.15) is 5.56 Å². The topological polar surface area (TPSA) is 65.2 Å². The van der Waals surface area contributed by atoms with Crippen LogP contribution in [0.4, 0.5) is 0 Å². The molecule has 2 aromatic rings. The molecule has 1 atom stereocenters. The van der Waals surface area contributed by atoms with Crippen molar-refractivity contribution in [1.29, 1.82) is 0 Å². The lowest BCUT2D eigenvalue weighted by Crippen LogP contribution is -2.42. The summed E-state index contributed by atoms with van der Waals surface area (Å²) >= 11 is 0. The lowest BCUT2D eigenvalue weighted by molar-refractivity contribution is 0.0928. The molecule has 3 rings (SSSR count). The number of rotatable bonds is 5. The summed E-state index contributed by atoms with van der Waals surface area (Å²) in [5, 5.41) is 3.83. The van der Waals surface area contributed by atoms with Gasteiger partial charge in [0.15, 0.2) is 0 Å². The highest BCUT2D eigenvalue weighted by Crippen LogP contribution is 2.17. The molecule has 0 radical (unpaired) electrons. The van der Waals surface area contributed by atoms with Gasteiger partial charge in [-0.25, -0.2) is 0 Å². The molecule has 5 heteroatoms. The molecule has 0 unspecified atom stereocenters. The van der Waals surface area contributed by atoms with Crippen molar-refractivity contribution in [2.24, 2.45) is 11.8 Å². The van der Waals surface area contributed by atoms with Gasteiger partial charge in [0.2, 0.25) is 0 Å². The van der Waals surface area contributed by atoms with Crippen LogP contribution in [-0.4, -0.2) is 42.0 Å². The van der Waals surface area contributed by atoms with Crippen molar-refractivity contribution in [3.8, 4) is 0 Å². The first-order valence-corrected chi connectivity index (χ1v) is 9.15. The number of likely N-dealkylation sites (tertiary alicyclic amines) is 1. The molecule has 1 aromatic carbocycles. The van der Waals surface area contributed by atoms with E-state index in [1.807, 2.05) is 24.3 Å². The van der Waals surface area contributed by atoms with E-state index in [9.17, 15) is 9.59 Å². The number of piperidine rings is 1. The first kappa shape index (κ1) is 17.7. The van der Waals surface area contributed by atoms with Gasteiger partial charge in [0.25, 0.3) is 11.5 Å². The number of nitrogens with zero attached hydrogens (tertiary/aromatic N) is 1. The van der Waals surface area contributed by atoms with Crippen molar-refractivity contribution in [1.82, 2.24) is 15.2 Å². The molecule has 1 aromatic heterocycles. The number of para-hydroxylation sites is 1. The highest BCUT2D eigenvalue weighted by molar-refractivity contribution is 5.97. The van der Waals surface area contributed by atoms with Crippen LogP contribution in [-0.2, 0) is 0 Å². The number of hydrogen-bond acceptors (Lipinski definition) is 3. The van der Waals surface area contributed by atoms with E-state index in [2.05, 4.69) is 29.0 Å². The number of carbonyl (C=O) groups excluding carboxylic acids is 1. The molecule has 1 aliphatic rings. The third kappa shape index (κ3) is 4.48. The fourth-order valence-electron chi connectivity index (χ4n) is 3.65. The summed E-state index contributed by atoms with van der Waals surface area (Å²) in [5.74, 6) is 0.827. The van der Waals surface area contributed by atoms with Crippen LogP contribution in [0.5, 0.6) is 0 Å². The van der Waals surface area contributed by atoms with Crippen molar-refractivity contribution in [2.45, 2.75) is 26.7 Å². The van der Waals surface area contributed by atoms with Crippen molar-refractivity contribution in [2.75, 3.05) is 26.2 Å². The first-order valence-electron chi connectivity index (χ1n) is 9.15. The second kappa shape index (κ2) is 7.83. The van der Waals surface area contributed by atoms with Crippen LogP contribution in [0, 0.1) is 11.8 Å². The minimum atomic E-state index is -0.332. The van der Waals surface area contributed by atoms with Gasteiger partial charge in [-0.2, -0.15) is 0 Å². The summed E-state index contributed by atoms with van der Waals surface area (Å²) < 4.78 is 0. The number of pyridine rings is 1. The number of benzene rings is 1. The third-order valence-corrected chi connectivity index (χ3v) is 4.78. The van der Waals surface area contributed by atoms with Crippen molar-refractivity contribution in [3.63, 3.8) is 0 Å². The molecule has 0 saturated carbocycles. The molecule has 2 heterocycles. The summed E-state index contributed by atoms with van der Waals surface area (Å²) in [6.45, 7) is 8.36. The van der Waals surface area contributed by atoms with Gasteiger partial charge in [0, 0.05) is 25.2 Å². The minimum Gasteiger partial charge on any atom is -0.352 e. The third-order valence-electron chi connectivity index (χ3n) is 4.78. The average molecular weight is 341 g/mol. The molecule has 134 valence electrons. The molecular weight excluding hydrogens is 314 g/mol. The predicted octanol–water partition coefficient (Wildman–Crippen LogP) is 2.63. The summed E-state index contributed by atoms with van der Waals surface area (Å²) in [4.78, 5) is 29.9. The van der Waals surface area contributed by atoms with Gasteiger partial charge in [-0.1, -0.05) is 32.0 Å². The fourth-order valence-corrected chi connectivity index (χ4v) is 3.65. The molecule has 5 nitrogen and oxygen atoms in total. The Bertz CT molecular complexity index is 797. The monoisotopic (exact) mass is 341 g/mol. The van der Waals surface area contributed by atoms with E-state index >= 15 is 0 Å². The fraction of sp³-hybridized carbons (Fsp3) is 0.500. The van der Waals surface area contributed by atoms with Gasteiger partial charge >= 0.3 is 0 Å². The van der Waals surface area contributed by atoms with Gasteiger partial charge in [0.05, 0.1) is 0 Å². The maximum Gasteiger partial charge on any atom is 0.261 e. The number of aromatic nitrogens is 1. The SMILES string of the molecule is CC(C)CN1CCC[C@@H](CNC(=O)c2cc3ccccc3[nH]c2=O)C1. The van der Waals surface area contributed by atoms with E-state index in [-0.39, 0.29) is 17.0 Å². The number of carbonyl (C=O) groups is 1. The van der Waals surface area contributed by atoms with Crippen LogP contribution in [0.25, 0.3) is 10.9 Å². The van der Waals surface area contributed by atoms with Gasteiger partial charge in [-0.05, 0) is 48.7 Å². The Hall–Kier alpha value is -2.14. The maximum absolute atomic E-state index is 12.5. The maximum atomic E-state index is 12.5. The molecule has 1 saturated heterocycles. The molecule has 2 N–H and O–H groups in total. The Balaban J connectivity index is 1.63. The number of hydrogen-bond donors (Lipinski definition) is 2. The van der Waals surface area contributed by atoms with Crippen molar-refractivity contribution < 1.29 is 4.79 Å². The summed E-state index contributed by atoms with van der Waals surface area (Å²) in [6.07, 6.45) is 2.30. The lowest BCUT2D eigenvalue weighted by Gasteiger charge is -2.33. The predicted molar refractivity (Wildman–Crippen MR) is 101 cm³/mol. The molecule has 1 aliphatic heterocycles. The minimum absolute atomic E-state index is 0.188. The largest absolute Gasteiger partial charge is 0.352 e. The van der Waals surface area contributed by atoms with Gasteiger partial charge in [-0.3, -0.25) is 9.59 Å². The van der Waals surface area contributed by atoms with E-state index in [0.717, 1.165) is 37.0 Å². The molecule has 1 amide bonds. The van der Waals surface area contributed by atoms with Crippen LogP contribution in [0.1, 0.15) is 37.0 Å². The van der Waals surface area contributed by atoms with Gasteiger partial charge < -0.3 is 15.2 Å². The average Bonchev–Trinajstić information content (AvgIpc) is 2.59. The first-order chi connectivity index (χ1) is 12.0. The molecule has 0 bridgehead atoms. The van der Waals surface area contributed by atoms with Crippen LogP contribution in [0.3, 0.4) is 0 Å². The Morgan fingerprint density at radius 3 is 2.96 bits per heavy atom. The highest BCUT2D eigenvalue weighted by atomic mass is 16.2. The smallest absolute Gasteiger partial charge is 0.261 e. The molecule has 25 heavy (non-hydrogen) atoms. The number of amides is 1. The van der Waals surface area contributed by atoms with Gasteiger partial charge in [-0.15, -0.1) is 0 Å². The van der Waals surface area contributed by atoms with Crippen LogP contribution in [0.2, 0.25) is 0 Å². The zero-order valence-corrected chi connectivity index (χ0v) is 15.0. The second-order valence-electron chi connectivity index (χ2n) is 7.47. The lowest BCUT2D eigenvalue weighted by atomic mass is 9.97. The Kier molecular flexibility index (Phi) is 5.53. The number of nitrogens with one attached hydrogen (secondary N) is 2. The molecular formula is C20H27N3O2. The van der Waals surface area contributed by atoms with E-state index in [4.69, 9.17) is 0 Å². The van der Waals surface area contributed by atoms with E-state index in [1.54, 1.807) is 6.07 Å². The Morgan fingerprint density at radius 2 is 2.16 bits per heavy atom. The van der Waals surface area contributed by atoms with Crippen LogP contribution in [0.15, 0.2) is 35.1 Å². The van der Waals surface area contributed by atoms with E-state index < -0.39 is 0 Å². The molecule has 0 spiro atoms. The summed E-state index contributed by atoms with van der Waals surface area (Å²) in [7, 11) is 0. The van der Waals surface area contributed by atoms with Crippen LogP contribution >= 0.6 is 0 Å². The van der Waals surface area contributed by atoms with Crippen molar-refractivity contribution in [3.05, 3.63) is 46.2 Å². The highest BCUT2D eigenvalue weighted by Gasteiger charge is 2.21. The molecule has 0 aliphatic carbocycles. The summed E-state index contributed by atoms with van der Waals surface area (Å²) in [6, 6.07) is 9.17. The number of aromatic amines is 1. The van der Waals surface area contributed by atoms with E-state index in [0.29, 0.717) is 18.4 Å². The quantitative estimate of drug-likeness (QED) is 0.879. The Labute approximate surface area is 148 Å². The van der Waals surface area contributed by atoms with Crippen molar-refractivity contribution >= 4 is 16.8 Å². The zero-order valence-electron chi connectivity index (χ0n) is 15.0. The van der Waals surface area contributed by atoms with E-state index in [1.165, 1.54) is 6.42 Å². The number of H-pyrrole nitrogens is 1. The Morgan fingerprint density at radius 1 is 1.36 bits per heavy atom. The second-order valence-corrected chi connectivity index (χ2v) is 7.47. The standard InChI is InChI=1S/C20H27N3O2/c1-14(2)12-23-9-5-6-15(13-23)11-21-19(24)17-10-16-7-3-4-8-18(16)22-20(17)25/h3-4,7-8,10,14-15H,5-6,9,11-13H2,1-2H3,(H,21,24)(H,22,25)/t15-/m0/s1. The normalized spacial score (nSPS) is 18.6. The molecule has 1 fully saturated rings. The zero-order chi connectivity index (χ0) is 17.8. The van der Waals surface area contributed by atoms with Crippen LogP contribution < -0.4 is 10.9 Å². The number of fused-ring (bicyclic) bond motifs is 1.